The molecule has 1 aliphatic heterocycles. The van der Waals surface area contributed by atoms with E-state index >= 15 is 0 Å². The number of hydrogen-bond acceptors (Lipinski definition) is 3. The Morgan fingerprint density at radius 3 is 2.82 bits per heavy atom. The molecule has 0 fully saturated rings. The molecule has 1 aromatic rings. The summed E-state index contributed by atoms with van der Waals surface area (Å²) in [5, 5.41) is 0.712. The second-order valence-electron chi connectivity index (χ2n) is 4.52. The number of nitrogens with two attached hydrogens (primary N) is 1. The summed E-state index contributed by atoms with van der Waals surface area (Å²) >= 11 is 6.27. The third-order valence-electron chi connectivity index (χ3n) is 2.88. The lowest BCUT2D eigenvalue weighted by Gasteiger charge is -2.17. The molecule has 0 saturated carbocycles. The molecule has 1 aliphatic rings. The molecule has 3 nitrogen and oxygen atoms in total. The fraction of sp³-hybridized carbons (Fsp3) is 0.538. The molecule has 0 bridgehead atoms. The van der Waals surface area contributed by atoms with Crippen LogP contribution in [-0.2, 0) is 6.42 Å². The number of ether oxygens (including phenoxy) is 2. The van der Waals surface area contributed by atoms with E-state index < -0.39 is 0 Å². The highest BCUT2D eigenvalue weighted by molar-refractivity contribution is 6.31. The van der Waals surface area contributed by atoms with Crippen LogP contribution >= 0.6 is 11.6 Å². The van der Waals surface area contributed by atoms with Crippen LogP contribution in [0.25, 0.3) is 0 Å². The molecule has 0 aliphatic carbocycles. The zero-order valence-electron chi connectivity index (χ0n) is 10.3. The van der Waals surface area contributed by atoms with Gasteiger partial charge in [-0.05, 0) is 31.4 Å². The van der Waals surface area contributed by atoms with Crippen LogP contribution in [0, 0.1) is 6.92 Å². The molecule has 1 aromatic carbocycles. The van der Waals surface area contributed by atoms with Gasteiger partial charge in [0.15, 0.2) is 11.5 Å². The van der Waals surface area contributed by atoms with Crippen LogP contribution in [0.15, 0.2) is 6.07 Å². The molecule has 1 unspecified atom stereocenters. The highest BCUT2D eigenvalue weighted by atomic mass is 35.5. The summed E-state index contributed by atoms with van der Waals surface area (Å²) in [5.74, 6) is 1.57. The molecule has 0 spiro atoms. The van der Waals surface area contributed by atoms with E-state index in [0.717, 1.165) is 35.5 Å². The summed E-state index contributed by atoms with van der Waals surface area (Å²) in [6.07, 6.45) is 1.65. The lowest BCUT2D eigenvalue weighted by atomic mass is 10.0. The van der Waals surface area contributed by atoms with Crippen molar-refractivity contribution in [3.8, 4) is 11.5 Å². The topological polar surface area (TPSA) is 44.5 Å². The maximum absolute atomic E-state index is 6.27. The van der Waals surface area contributed by atoms with Gasteiger partial charge < -0.3 is 15.2 Å². The lowest BCUT2D eigenvalue weighted by Crippen LogP contribution is -2.19. The molecule has 0 amide bonds. The lowest BCUT2D eigenvalue weighted by molar-refractivity contribution is 0.296. The number of benzene rings is 1. The number of fused-ring (bicyclic) bond motifs is 1. The van der Waals surface area contributed by atoms with Crippen molar-refractivity contribution in [2.75, 3.05) is 13.2 Å². The van der Waals surface area contributed by atoms with E-state index in [0.29, 0.717) is 18.2 Å². The monoisotopic (exact) mass is 255 g/mol. The zero-order valence-corrected chi connectivity index (χ0v) is 11.0. The summed E-state index contributed by atoms with van der Waals surface area (Å²) in [6.45, 7) is 5.35. The average Bonchev–Trinajstić information content (AvgIpc) is 2.49. The molecule has 17 heavy (non-hydrogen) atoms. The predicted molar refractivity (Wildman–Crippen MR) is 69.1 cm³/mol. The van der Waals surface area contributed by atoms with E-state index in [1.165, 1.54) is 0 Å². The van der Waals surface area contributed by atoms with Crippen LogP contribution < -0.4 is 15.2 Å². The van der Waals surface area contributed by atoms with Gasteiger partial charge in [0, 0.05) is 23.6 Å². The second-order valence-corrected chi connectivity index (χ2v) is 4.93. The Kier molecular flexibility index (Phi) is 3.79. The van der Waals surface area contributed by atoms with Crippen molar-refractivity contribution in [1.29, 1.82) is 0 Å². The highest BCUT2D eigenvalue weighted by Gasteiger charge is 2.19. The number of hydrogen-bond donors (Lipinski definition) is 1. The van der Waals surface area contributed by atoms with Gasteiger partial charge in [0.1, 0.15) is 0 Å². The number of rotatable bonds is 2. The van der Waals surface area contributed by atoms with Crippen LogP contribution in [0.5, 0.6) is 11.5 Å². The van der Waals surface area contributed by atoms with E-state index in [4.69, 9.17) is 26.8 Å². The molecule has 0 saturated heterocycles. The molecule has 1 heterocycles. The minimum Gasteiger partial charge on any atom is -0.489 e. The fourth-order valence-electron chi connectivity index (χ4n) is 2.04. The molecule has 0 radical (unpaired) electrons. The van der Waals surface area contributed by atoms with Crippen molar-refractivity contribution in [2.45, 2.75) is 32.7 Å². The molecule has 2 N–H and O–H groups in total. The van der Waals surface area contributed by atoms with Crippen LogP contribution in [0.3, 0.4) is 0 Å². The Balaban J connectivity index is 2.45. The van der Waals surface area contributed by atoms with Gasteiger partial charge in [-0.15, -0.1) is 0 Å². The van der Waals surface area contributed by atoms with E-state index in [-0.39, 0.29) is 6.04 Å². The van der Waals surface area contributed by atoms with Crippen LogP contribution in [-0.4, -0.2) is 19.3 Å². The van der Waals surface area contributed by atoms with E-state index in [9.17, 15) is 0 Å². The SMILES string of the molecule is Cc1c(CC(C)N)c(Cl)cc2c1OCCCO2. The first-order valence-corrected chi connectivity index (χ1v) is 6.30. The Morgan fingerprint density at radius 1 is 1.41 bits per heavy atom. The van der Waals surface area contributed by atoms with Crippen molar-refractivity contribution >= 4 is 11.6 Å². The first kappa shape index (κ1) is 12.5. The zero-order chi connectivity index (χ0) is 12.4. The minimum absolute atomic E-state index is 0.0796. The highest BCUT2D eigenvalue weighted by Crippen LogP contribution is 2.39. The maximum atomic E-state index is 6.27. The normalized spacial score (nSPS) is 16.5. The Hall–Kier alpha value is -0.930. The maximum Gasteiger partial charge on any atom is 0.164 e. The van der Waals surface area contributed by atoms with E-state index in [2.05, 4.69) is 0 Å². The Labute approximate surface area is 107 Å². The van der Waals surface area contributed by atoms with Crippen LogP contribution in [0.4, 0.5) is 0 Å². The van der Waals surface area contributed by atoms with E-state index in [1.807, 2.05) is 19.9 Å². The molecule has 1 atom stereocenters. The first-order valence-electron chi connectivity index (χ1n) is 5.92. The van der Waals surface area contributed by atoms with Gasteiger partial charge in [0.25, 0.3) is 0 Å². The van der Waals surface area contributed by atoms with Gasteiger partial charge in [0.2, 0.25) is 0 Å². The summed E-state index contributed by atoms with van der Waals surface area (Å²) in [4.78, 5) is 0. The minimum atomic E-state index is 0.0796. The largest absolute Gasteiger partial charge is 0.489 e. The number of halogens is 1. The Bertz CT molecular complexity index is 418. The summed E-state index contributed by atoms with van der Waals surface area (Å²) in [7, 11) is 0. The van der Waals surface area contributed by atoms with Gasteiger partial charge in [-0.1, -0.05) is 11.6 Å². The quantitative estimate of drug-likeness (QED) is 0.884. The standard InChI is InChI=1S/C13H18ClNO2/c1-8(15)6-10-9(2)13-12(7-11(10)14)16-4-3-5-17-13/h7-8H,3-6,15H2,1-2H3. The first-order chi connectivity index (χ1) is 8.09. The van der Waals surface area contributed by atoms with Crippen molar-refractivity contribution in [3.05, 3.63) is 22.2 Å². The van der Waals surface area contributed by atoms with Crippen molar-refractivity contribution < 1.29 is 9.47 Å². The third kappa shape index (κ3) is 2.67. The molecular formula is C13H18ClNO2. The van der Waals surface area contributed by atoms with Crippen molar-refractivity contribution in [1.82, 2.24) is 0 Å². The van der Waals surface area contributed by atoms with Crippen molar-refractivity contribution in [2.24, 2.45) is 5.73 Å². The van der Waals surface area contributed by atoms with Crippen LogP contribution in [0.2, 0.25) is 5.02 Å². The second kappa shape index (κ2) is 5.15. The fourth-order valence-corrected chi connectivity index (χ4v) is 2.36. The van der Waals surface area contributed by atoms with Gasteiger partial charge in [0.05, 0.1) is 13.2 Å². The third-order valence-corrected chi connectivity index (χ3v) is 3.22. The van der Waals surface area contributed by atoms with Gasteiger partial charge >= 0.3 is 0 Å². The average molecular weight is 256 g/mol. The van der Waals surface area contributed by atoms with Gasteiger partial charge in [-0.3, -0.25) is 0 Å². The summed E-state index contributed by atoms with van der Waals surface area (Å²) in [6, 6.07) is 1.92. The predicted octanol–water partition coefficient (Wildman–Crippen LogP) is 2.70. The molecule has 2 rings (SSSR count). The molecule has 4 heteroatoms. The summed E-state index contributed by atoms with van der Waals surface area (Å²) < 4.78 is 11.4. The molecule has 94 valence electrons. The van der Waals surface area contributed by atoms with E-state index in [1.54, 1.807) is 0 Å². The smallest absolute Gasteiger partial charge is 0.164 e. The summed E-state index contributed by atoms with van der Waals surface area (Å²) in [5.41, 5.74) is 7.95. The van der Waals surface area contributed by atoms with Crippen molar-refractivity contribution in [3.63, 3.8) is 0 Å². The molecule has 0 aromatic heterocycles. The van der Waals surface area contributed by atoms with Gasteiger partial charge in [-0.25, -0.2) is 0 Å². The van der Waals surface area contributed by atoms with Gasteiger partial charge in [-0.2, -0.15) is 0 Å². The van der Waals surface area contributed by atoms with Crippen LogP contribution in [0.1, 0.15) is 24.5 Å². The Morgan fingerprint density at radius 2 is 2.12 bits per heavy atom. The molecular weight excluding hydrogens is 238 g/mol.